The fourth-order valence-electron chi connectivity index (χ4n) is 2.78. The van der Waals surface area contributed by atoms with Crippen LogP contribution in [0.25, 0.3) is 0 Å². The van der Waals surface area contributed by atoms with Crippen LogP contribution in [0.4, 0.5) is 19.0 Å². The smallest absolute Gasteiger partial charge is 0.353 e. The summed E-state index contributed by atoms with van der Waals surface area (Å²) in [7, 11) is 0. The van der Waals surface area contributed by atoms with E-state index >= 15 is 0 Å². The Labute approximate surface area is 115 Å². The standard InChI is InChI=1S/C13H17F3N4/c14-13(15,16)11-2-1-3-18-12(11)20-8-10(9-20)19-6-4-17-5-7-19/h1-3,10,17H,4-9H2. The van der Waals surface area contributed by atoms with E-state index in [4.69, 9.17) is 0 Å². The molecular weight excluding hydrogens is 269 g/mol. The lowest BCUT2D eigenvalue weighted by Gasteiger charge is -2.47. The van der Waals surface area contributed by atoms with E-state index in [1.54, 1.807) is 4.90 Å². The lowest BCUT2D eigenvalue weighted by molar-refractivity contribution is -0.137. The van der Waals surface area contributed by atoms with Crippen molar-refractivity contribution >= 4 is 5.82 Å². The van der Waals surface area contributed by atoms with Gasteiger partial charge in [0.25, 0.3) is 0 Å². The number of nitrogens with one attached hydrogen (secondary N) is 1. The Bertz CT molecular complexity index is 465. The number of pyridine rings is 1. The summed E-state index contributed by atoms with van der Waals surface area (Å²) in [5.41, 5.74) is -0.640. The molecule has 3 rings (SSSR count). The Kier molecular flexibility index (Phi) is 3.55. The number of alkyl halides is 3. The van der Waals surface area contributed by atoms with Crippen LogP contribution >= 0.6 is 0 Å². The molecule has 2 saturated heterocycles. The van der Waals surface area contributed by atoms with Gasteiger partial charge in [0, 0.05) is 51.5 Å². The van der Waals surface area contributed by atoms with Crippen LogP contribution in [-0.2, 0) is 6.18 Å². The van der Waals surface area contributed by atoms with Crippen LogP contribution in [0.15, 0.2) is 18.3 Å². The maximum absolute atomic E-state index is 12.9. The fourth-order valence-corrected chi connectivity index (χ4v) is 2.78. The van der Waals surface area contributed by atoms with Gasteiger partial charge in [0.1, 0.15) is 5.82 Å². The summed E-state index contributed by atoms with van der Waals surface area (Å²) in [4.78, 5) is 7.98. The van der Waals surface area contributed by atoms with Crippen LogP contribution in [0.2, 0.25) is 0 Å². The molecule has 2 aliphatic heterocycles. The molecule has 1 aromatic heterocycles. The molecule has 2 fully saturated rings. The molecule has 0 atom stereocenters. The first-order valence-electron chi connectivity index (χ1n) is 6.77. The van der Waals surface area contributed by atoms with E-state index in [9.17, 15) is 13.2 Å². The molecule has 2 aliphatic rings. The number of halogens is 3. The zero-order valence-corrected chi connectivity index (χ0v) is 11.0. The molecule has 3 heterocycles. The minimum atomic E-state index is -4.34. The summed E-state index contributed by atoms with van der Waals surface area (Å²) in [6.45, 7) is 5.08. The number of nitrogens with zero attached hydrogens (tertiary/aromatic N) is 3. The van der Waals surface area contributed by atoms with Crippen LogP contribution in [0.5, 0.6) is 0 Å². The SMILES string of the molecule is FC(F)(F)c1cccnc1N1CC(N2CCNCC2)C1. The van der Waals surface area contributed by atoms with Crippen molar-refractivity contribution in [2.75, 3.05) is 44.2 Å². The van der Waals surface area contributed by atoms with Gasteiger partial charge in [-0.1, -0.05) is 0 Å². The molecular formula is C13H17F3N4. The fraction of sp³-hybridized carbons (Fsp3) is 0.615. The summed E-state index contributed by atoms with van der Waals surface area (Å²) in [6.07, 6.45) is -2.92. The Morgan fingerprint density at radius 2 is 1.90 bits per heavy atom. The van der Waals surface area contributed by atoms with Crippen LogP contribution in [0, 0.1) is 0 Å². The number of rotatable bonds is 2. The van der Waals surface area contributed by atoms with Gasteiger partial charge >= 0.3 is 6.18 Å². The summed E-state index contributed by atoms with van der Waals surface area (Å²) in [6, 6.07) is 2.78. The third kappa shape index (κ3) is 2.60. The Hall–Kier alpha value is -1.34. The number of hydrogen-bond donors (Lipinski definition) is 1. The summed E-state index contributed by atoms with van der Waals surface area (Å²) in [5, 5.41) is 3.27. The highest BCUT2D eigenvalue weighted by atomic mass is 19.4. The number of aromatic nitrogens is 1. The minimum absolute atomic E-state index is 0.0615. The first-order chi connectivity index (χ1) is 9.55. The Morgan fingerprint density at radius 3 is 2.55 bits per heavy atom. The third-order valence-corrected chi connectivity index (χ3v) is 3.92. The topological polar surface area (TPSA) is 31.4 Å². The molecule has 20 heavy (non-hydrogen) atoms. The lowest BCUT2D eigenvalue weighted by Crippen LogP contribution is -2.63. The summed E-state index contributed by atoms with van der Waals surface area (Å²) in [5.74, 6) is 0.0615. The predicted octanol–water partition coefficient (Wildman–Crippen LogP) is 1.19. The summed E-state index contributed by atoms with van der Waals surface area (Å²) < 4.78 is 38.8. The van der Waals surface area contributed by atoms with Gasteiger partial charge < -0.3 is 10.2 Å². The molecule has 4 nitrogen and oxygen atoms in total. The number of piperazine rings is 1. The number of hydrogen-bond acceptors (Lipinski definition) is 4. The molecule has 0 amide bonds. The normalized spacial score (nSPS) is 21.9. The van der Waals surface area contributed by atoms with E-state index in [0.717, 1.165) is 32.2 Å². The molecule has 0 aromatic carbocycles. The van der Waals surface area contributed by atoms with Gasteiger partial charge in [-0.15, -0.1) is 0 Å². The third-order valence-electron chi connectivity index (χ3n) is 3.92. The molecule has 0 aliphatic carbocycles. The molecule has 0 unspecified atom stereocenters. The van der Waals surface area contributed by atoms with Crippen LogP contribution in [0.3, 0.4) is 0 Å². The quantitative estimate of drug-likeness (QED) is 0.885. The van der Waals surface area contributed by atoms with Gasteiger partial charge in [0.2, 0.25) is 0 Å². The zero-order chi connectivity index (χ0) is 14.2. The molecule has 110 valence electrons. The van der Waals surface area contributed by atoms with Crippen molar-refractivity contribution in [2.24, 2.45) is 0 Å². The van der Waals surface area contributed by atoms with Crippen LogP contribution < -0.4 is 10.2 Å². The summed E-state index contributed by atoms with van der Waals surface area (Å²) >= 11 is 0. The van der Waals surface area contributed by atoms with E-state index < -0.39 is 11.7 Å². The molecule has 1 aromatic rings. The van der Waals surface area contributed by atoms with Crippen molar-refractivity contribution < 1.29 is 13.2 Å². The van der Waals surface area contributed by atoms with E-state index in [2.05, 4.69) is 15.2 Å². The van der Waals surface area contributed by atoms with E-state index in [1.165, 1.54) is 12.3 Å². The highest BCUT2D eigenvalue weighted by Crippen LogP contribution is 2.36. The second-order valence-corrected chi connectivity index (χ2v) is 5.22. The van der Waals surface area contributed by atoms with Crippen molar-refractivity contribution in [3.05, 3.63) is 23.9 Å². The van der Waals surface area contributed by atoms with Crippen molar-refractivity contribution in [1.29, 1.82) is 0 Å². The maximum atomic E-state index is 12.9. The van der Waals surface area contributed by atoms with Crippen molar-refractivity contribution in [3.63, 3.8) is 0 Å². The molecule has 0 spiro atoms. The average Bonchev–Trinajstić information content (AvgIpc) is 2.38. The van der Waals surface area contributed by atoms with Gasteiger partial charge in [0.05, 0.1) is 5.56 Å². The highest BCUT2D eigenvalue weighted by molar-refractivity contribution is 5.51. The van der Waals surface area contributed by atoms with Gasteiger partial charge in [-0.25, -0.2) is 4.98 Å². The van der Waals surface area contributed by atoms with Gasteiger partial charge in [0.15, 0.2) is 0 Å². The van der Waals surface area contributed by atoms with Crippen molar-refractivity contribution in [3.8, 4) is 0 Å². The van der Waals surface area contributed by atoms with E-state index in [1.807, 2.05) is 0 Å². The molecule has 0 saturated carbocycles. The molecule has 0 radical (unpaired) electrons. The van der Waals surface area contributed by atoms with Crippen LogP contribution in [0.1, 0.15) is 5.56 Å². The Morgan fingerprint density at radius 1 is 1.20 bits per heavy atom. The van der Waals surface area contributed by atoms with Gasteiger partial charge in [-0.2, -0.15) is 13.2 Å². The predicted molar refractivity (Wildman–Crippen MR) is 69.7 cm³/mol. The average molecular weight is 286 g/mol. The monoisotopic (exact) mass is 286 g/mol. The van der Waals surface area contributed by atoms with Crippen LogP contribution in [-0.4, -0.2) is 55.2 Å². The molecule has 1 N–H and O–H groups in total. The second kappa shape index (κ2) is 5.21. The number of anilines is 1. The first-order valence-corrected chi connectivity index (χ1v) is 6.77. The van der Waals surface area contributed by atoms with Gasteiger partial charge in [-0.3, -0.25) is 4.90 Å². The minimum Gasteiger partial charge on any atom is -0.353 e. The van der Waals surface area contributed by atoms with E-state index in [0.29, 0.717) is 19.1 Å². The Balaban J connectivity index is 1.68. The molecule has 0 bridgehead atoms. The van der Waals surface area contributed by atoms with Crippen molar-refractivity contribution in [1.82, 2.24) is 15.2 Å². The molecule has 7 heteroatoms. The largest absolute Gasteiger partial charge is 0.419 e. The van der Waals surface area contributed by atoms with Crippen molar-refractivity contribution in [2.45, 2.75) is 12.2 Å². The van der Waals surface area contributed by atoms with E-state index in [-0.39, 0.29) is 5.82 Å². The lowest BCUT2D eigenvalue weighted by atomic mass is 10.0. The second-order valence-electron chi connectivity index (χ2n) is 5.22. The first kappa shape index (κ1) is 13.6. The maximum Gasteiger partial charge on any atom is 0.419 e. The van der Waals surface area contributed by atoms with Gasteiger partial charge in [-0.05, 0) is 12.1 Å². The zero-order valence-electron chi connectivity index (χ0n) is 11.0. The highest BCUT2D eigenvalue weighted by Gasteiger charge is 2.40.